The average molecular weight is 747 g/mol. The third-order valence-electron chi connectivity index (χ3n) is 9.33. The highest BCUT2D eigenvalue weighted by Crippen LogP contribution is 2.28. The standard InChI is InChI=1S/2C20H19N7O/c2*1-12(14-5-6-17-15(10-14)4-3-9-22-17)18-11-23-19-8-7-16(26-27(18)19)13(2)24-25-20(21)28/h2*3-12H,1-2H3,(H3,21,25,28)/b2*24-13+/t2*12-/m10/s1. The van der Waals surface area contributed by atoms with Gasteiger partial charge in [0, 0.05) is 35.0 Å². The lowest BCUT2D eigenvalue weighted by Gasteiger charge is -2.12. The molecule has 0 radical (unpaired) electrons. The number of aromatic nitrogens is 8. The maximum absolute atomic E-state index is 10.9. The van der Waals surface area contributed by atoms with Gasteiger partial charge in [0.2, 0.25) is 0 Å². The molecule has 0 saturated carbocycles. The van der Waals surface area contributed by atoms with Crippen LogP contribution in [0.15, 0.2) is 120 Å². The molecule has 56 heavy (non-hydrogen) atoms. The third kappa shape index (κ3) is 7.84. The van der Waals surface area contributed by atoms with Crippen molar-refractivity contribution in [1.82, 2.24) is 50.0 Å². The van der Waals surface area contributed by atoms with Crippen LogP contribution in [0.3, 0.4) is 0 Å². The van der Waals surface area contributed by atoms with E-state index in [0.717, 1.165) is 55.6 Å². The van der Waals surface area contributed by atoms with E-state index in [1.54, 1.807) is 47.4 Å². The molecule has 4 amide bonds. The summed E-state index contributed by atoms with van der Waals surface area (Å²) in [6, 6.07) is 26.3. The Balaban J connectivity index is 0.000000172. The number of primary amides is 2. The summed E-state index contributed by atoms with van der Waals surface area (Å²) in [6.45, 7) is 7.73. The van der Waals surface area contributed by atoms with Crippen molar-refractivity contribution in [2.45, 2.75) is 39.5 Å². The van der Waals surface area contributed by atoms with Crippen molar-refractivity contribution in [2.24, 2.45) is 21.7 Å². The maximum atomic E-state index is 10.9. The Morgan fingerprint density at radius 2 is 1.04 bits per heavy atom. The van der Waals surface area contributed by atoms with Crippen molar-refractivity contribution >= 4 is 56.6 Å². The normalized spacial score (nSPS) is 13.0. The first kappa shape index (κ1) is 36.7. The zero-order valence-electron chi connectivity index (χ0n) is 31.0. The van der Waals surface area contributed by atoms with Crippen LogP contribution in [0.1, 0.15) is 73.4 Å². The summed E-state index contributed by atoms with van der Waals surface area (Å²) in [5, 5.41) is 19.3. The lowest BCUT2D eigenvalue weighted by molar-refractivity contribution is 0.248. The number of nitrogens with one attached hydrogen (secondary N) is 2. The summed E-state index contributed by atoms with van der Waals surface area (Å²) >= 11 is 0. The van der Waals surface area contributed by atoms with Crippen LogP contribution < -0.4 is 22.3 Å². The fourth-order valence-corrected chi connectivity index (χ4v) is 6.22. The second-order valence-corrected chi connectivity index (χ2v) is 13.0. The van der Waals surface area contributed by atoms with Gasteiger partial charge < -0.3 is 11.5 Å². The molecule has 16 heteroatoms. The Kier molecular flexibility index (Phi) is 10.3. The van der Waals surface area contributed by atoms with Crippen LogP contribution in [0.25, 0.3) is 33.1 Å². The molecule has 2 atom stereocenters. The van der Waals surface area contributed by atoms with E-state index < -0.39 is 12.1 Å². The Bertz CT molecular complexity index is 2610. The van der Waals surface area contributed by atoms with Gasteiger partial charge in [-0.15, -0.1) is 0 Å². The number of hydrogen-bond acceptors (Lipinski definition) is 10. The molecule has 6 N–H and O–H groups in total. The number of nitrogens with zero attached hydrogens (tertiary/aromatic N) is 10. The van der Waals surface area contributed by atoms with Crippen molar-refractivity contribution < 1.29 is 9.59 Å². The number of urea groups is 2. The lowest BCUT2D eigenvalue weighted by Crippen LogP contribution is -2.25. The quantitative estimate of drug-likeness (QED) is 0.112. The van der Waals surface area contributed by atoms with Crippen LogP contribution in [-0.2, 0) is 0 Å². The molecule has 2 aromatic carbocycles. The smallest absolute Gasteiger partial charge is 0.332 e. The van der Waals surface area contributed by atoms with E-state index >= 15 is 0 Å². The summed E-state index contributed by atoms with van der Waals surface area (Å²) in [4.78, 5) is 39.4. The van der Waals surface area contributed by atoms with Crippen LogP contribution in [-0.4, -0.2) is 62.6 Å². The van der Waals surface area contributed by atoms with Crippen LogP contribution in [0.4, 0.5) is 9.59 Å². The number of rotatable bonds is 8. The maximum Gasteiger partial charge on any atom is 0.332 e. The molecule has 6 heterocycles. The van der Waals surface area contributed by atoms with Gasteiger partial charge in [-0.2, -0.15) is 20.4 Å². The van der Waals surface area contributed by atoms with Gasteiger partial charge >= 0.3 is 12.1 Å². The molecule has 0 saturated heterocycles. The summed E-state index contributed by atoms with van der Waals surface area (Å²) < 4.78 is 3.60. The summed E-state index contributed by atoms with van der Waals surface area (Å²) in [7, 11) is 0. The number of pyridine rings is 2. The van der Waals surface area contributed by atoms with Crippen LogP contribution in [0.5, 0.6) is 0 Å². The number of hydrogen-bond donors (Lipinski definition) is 4. The molecule has 280 valence electrons. The molecule has 0 fully saturated rings. The van der Waals surface area contributed by atoms with E-state index in [9.17, 15) is 9.59 Å². The fourth-order valence-electron chi connectivity index (χ4n) is 6.22. The molecule has 0 aliphatic rings. The fraction of sp³-hybridized carbons (Fsp3) is 0.150. The van der Waals surface area contributed by atoms with Crippen molar-refractivity contribution in [1.29, 1.82) is 0 Å². The van der Waals surface area contributed by atoms with E-state index in [1.807, 2.05) is 48.8 Å². The number of amides is 4. The Labute approximate surface area is 320 Å². The first-order valence-corrected chi connectivity index (χ1v) is 17.6. The minimum Gasteiger partial charge on any atom is -0.350 e. The van der Waals surface area contributed by atoms with Crippen molar-refractivity contribution in [2.75, 3.05) is 0 Å². The van der Waals surface area contributed by atoms with Crippen LogP contribution >= 0.6 is 0 Å². The largest absolute Gasteiger partial charge is 0.350 e. The van der Waals surface area contributed by atoms with Crippen molar-refractivity contribution in [3.63, 3.8) is 0 Å². The molecule has 0 aliphatic carbocycles. The van der Waals surface area contributed by atoms with E-state index in [4.69, 9.17) is 11.5 Å². The molecule has 8 aromatic rings. The van der Waals surface area contributed by atoms with Gasteiger partial charge in [-0.1, -0.05) is 38.1 Å². The van der Waals surface area contributed by atoms with Crippen molar-refractivity contribution in [3.8, 4) is 0 Å². The number of hydrazone groups is 2. The molecule has 16 nitrogen and oxygen atoms in total. The summed E-state index contributed by atoms with van der Waals surface area (Å²) in [5.74, 6) is 0.145. The summed E-state index contributed by atoms with van der Waals surface area (Å²) in [5.41, 5.74) is 24.5. The Morgan fingerprint density at radius 3 is 1.45 bits per heavy atom. The minimum atomic E-state index is -0.719. The number of benzene rings is 2. The number of nitrogens with two attached hydrogens (primary N) is 2. The van der Waals surface area contributed by atoms with Gasteiger partial charge in [0.25, 0.3) is 0 Å². The lowest BCUT2D eigenvalue weighted by atomic mass is 9.97. The van der Waals surface area contributed by atoms with Crippen LogP contribution in [0, 0.1) is 0 Å². The topological polar surface area (TPSA) is 221 Å². The molecular weight excluding hydrogens is 709 g/mol. The van der Waals surface area contributed by atoms with Crippen molar-refractivity contribution in [3.05, 3.63) is 144 Å². The predicted octanol–water partition coefficient (Wildman–Crippen LogP) is 5.64. The molecule has 8 rings (SSSR count). The first-order chi connectivity index (χ1) is 27.0. The zero-order valence-corrected chi connectivity index (χ0v) is 31.0. The van der Waals surface area contributed by atoms with Gasteiger partial charge in [0.15, 0.2) is 11.3 Å². The van der Waals surface area contributed by atoms with E-state index in [1.165, 1.54) is 0 Å². The second kappa shape index (κ2) is 15.8. The SMILES string of the molecule is C/C(=N\NC(N)=O)c1ccc2ncc([C@@H](C)c3ccc4ncccc4c3)n2n1.C/C(=N\NC(N)=O)c1ccc2ncc([C@H](C)c3ccc4ncccc4c3)n2n1. The van der Waals surface area contributed by atoms with Gasteiger partial charge in [-0.3, -0.25) is 9.97 Å². The van der Waals surface area contributed by atoms with Gasteiger partial charge in [0.05, 0.1) is 46.2 Å². The monoisotopic (exact) mass is 746 g/mol. The van der Waals surface area contributed by atoms with Crippen LogP contribution in [0.2, 0.25) is 0 Å². The Morgan fingerprint density at radius 1 is 0.607 bits per heavy atom. The number of fused-ring (bicyclic) bond motifs is 4. The number of imidazole rings is 2. The zero-order chi connectivity index (χ0) is 39.3. The number of carbonyl (C=O) groups excluding carboxylic acids is 2. The van der Waals surface area contributed by atoms with E-state index in [2.05, 4.69) is 101 Å². The van der Waals surface area contributed by atoms with Gasteiger partial charge in [0.1, 0.15) is 11.4 Å². The van der Waals surface area contributed by atoms with E-state index in [0.29, 0.717) is 22.8 Å². The number of carbonyl (C=O) groups is 2. The highest BCUT2D eigenvalue weighted by molar-refractivity contribution is 5.98. The summed E-state index contributed by atoms with van der Waals surface area (Å²) in [6.07, 6.45) is 7.24. The molecular formula is C40H38N14O2. The van der Waals surface area contributed by atoms with Gasteiger partial charge in [-0.05, 0) is 85.6 Å². The Hall–Kier alpha value is -7.62. The average Bonchev–Trinajstić information content (AvgIpc) is 3.85. The third-order valence-corrected chi connectivity index (χ3v) is 9.33. The second-order valence-electron chi connectivity index (χ2n) is 13.0. The first-order valence-electron chi connectivity index (χ1n) is 17.6. The molecule has 0 aliphatic heterocycles. The molecule has 0 bridgehead atoms. The molecule has 0 unspecified atom stereocenters. The molecule has 0 spiro atoms. The van der Waals surface area contributed by atoms with Gasteiger partial charge in [-0.25, -0.2) is 39.4 Å². The minimum absolute atomic E-state index is 0.0725. The highest BCUT2D eigenvalue weighted by atomic mass is 16.2. The highest BCUT2D eigenvalue weighted by Gasteiger charge is 2.18. The molecule has 6 aromatic heterocycles. The predicted molar refractivity (Wildman–Crippen MR) is 214 cm³/mol. The van der Waals surface area contributed by atoms with E-state index in [-0.39, 0.29) is 11.8 Å².